The largest absolute Gasteiger partial charge is 0.469 e. The van der Waals surface area contributed by atoms with E-state index in [0.29, 0.717) is 6.61 Å². The summed E-state index contributed by atoms with van der Waals surface area (Å²) in [5, 5.41) is 4.39. The second-order valence-electron chi connectivity index (χ2n) is 12.1. The van der Waals surface area contributed by atoms with Crippen LogP contribution in [0, 0.1) is 5.92 Å². The van der Waals surface area contributed by atoms with Gasteiger partial charge < -0.3 is 14.8 Å². The molecule has 0 radical (unpaired) electrons. The molecule has 1 N–H and O–H groups in total. The Morgan fingerprint density at radius 3 is 2.22 bits per heavy atom. The van der Waals surface area contributed by atoms with Crippen molar-refractivity contribution in [3.8, 4) is 0 Å². The van der Waals surface area contributed by atoms with E-state index >= 15 is 0 Å². The number of rotatable bonds is 12. The quantitative estimate of drug-likeness (QED) is 0.169. The number of halogens is 1. The highest BCUT2D eigenvalue weighted by atomic mass is 35.5. The first kappa shape index (κ1) is 31.9. The number of morpholine rings is 1. The van der Waals surface area contributed by atoms with E-state index in [1.54, 1.807) is 0 Å². The lowest BCUT2D eigenvalue weighted by molar-refractivity contribution is -0.144. The molecule has 2 aliphatic heterocycles. The molecule has 0 saturated carbocycles. The fourth-order valence-corrected chi connectivity index (χ4v) is 6.93. The van der Waals surface area contributed by atoms with Crippen molar-refractivity contribution in [1.82, 2.24) is 5.32 Å². The summed E-state index contributed by atoms with van der Waals surface area (Å²) in [5.74, 6) is -1.22. The van der Waals surface area contributed by atoms with Crippen LogP contribution in [-0.2, 0) is 38.3 Å². The molecular weight excluding hydrogens is 596 g/mol. The Morgan fingerprint density at radius 1 is 0.913 bits per heavy atom. The highest BCUT2D eigenvalue weighted by Crippen LogP contribution is 2.36. The minimum Gasteiger partial charge on any atom is -0.469 e. The van der Waals surface area contributed by atoms with Gasteiger partial charge in [-0.3, -0.25) is 14.6 Å². The standard InChI is InChI=1S/C39H39ClN2O4/c1-45-38(44)23-32(39(27-12-4-2-5-13-27)28-14-6-3-7-15-28)37(43)21-29-16-9-8-11-26(29)19-20-30-24-41-36(25-46-30)35-22-31-33(40)17-10-18-34(31)42-35/h2-18,30,32,36,39,41H,19-25H2,1H3/t30-,32-,36+/m1/s1. The number of ketones is 1. The third kappa shape index (κ3) is 7.47. The molecule has 6 rings (SSSR count). The molecule has 0 unspecified atom stereocenters. The van der Waals surface area contributed by atoms with Gasteiger partial charge in [-0.15, -0.1) is 0 Å². The average Bonchev–Trinajstić information content (AvgIpc) is 3.54. The number of hydrogen-bond acceptors (Lipinski definition) is 6. The first-order valence-electron chi connectivity index (χ1n) is 16.0. The number of aliphatic imine (C=N–C) groups is 1. The highest BCUT2D eigenvalue weighted by molar-refractivity contribution is 6.32. The van der Waals surface area contributed by atoms with Gasteiger partial charge >= 0.3 is 5.97 Å². The van der Waals surface area contributed by atoms with Crippen molar-refractivity contribution in [1.29, 1.82) is 0 Å². The molecule has 236 valence electrons. The van der Waals surface area contributed by atoms with Crippen LogP contribution in [0.4, 0.5) is 5.69 Å². The van der Waals surface area contributed by atoms with Gasteiger partial charge in [0.05, 0.1) is 38.0 Å². The lowest BCUT2D eigenvalue weighted by Gasteiger charge is -2.31. The molecule has 7 heteroatoms. The summed E-state index contributed by atoms with van der Waals surface area (Å²) in [6.45, 7) is 1.29. The van der Waals surface area contributed by atoms with Crippen LogP contribution in [0.25, 0.3) is 0 Å². The van der Waals surface area contributed by atoms with Gasteiger partial charge in [0.1, 0.15) is 5.78 Å². The number of benzene rings is 4. The van der Waals surface area contributed by atoms with Crippen LogP contribution in [0.15, 0.2) is 108 Å². The number of carbonyl (C=O) groups is 2. The molecule has 2 heterocycles. The van der Waals surface area contributed by atoms with Crippen LogP contribution in [0.5, 0.6) is 0 Å². The van der Waals surface area contributed by atoms with Crippen LogP contribution >= 0.6 is 11.6 Å². The molecule has 0 aliphatic carbocycles. The summed E-state index contributed by atoms with van der Waals surface area (Å²) < 4.78 is 11.4. The van der Waals surface area contributed by atoms with Gasteiger partial charge in [0.2, 0.25) is 0 Å². The van der Waals surface area contributed by atoms with Gasteiger partial charge in [0, 0.05) is 47.5 Å². The summed E-state index contributed by atoms with van der Waals surface area (Å²) in [5.41, 5.74) is 7.21. The summed E-state index contributed by atoms with van der Waals surface area (Å²) in [4.78, 5) is 31.7. The van der Waals surface area contributed by atoms with Crippen molar-refractivity contribution in [3.05, 3.63) is 136 Å². The van der Waals surface area contributed by atoms with Crippen LogP contribution in [-0.4, -0.2) is 49.9 Å². The number of nitrogens with one attached hydrogen (secondary N) is 1. The predicted octanol–water partition coefficient (Wildman–Crippen LogP) is 7.08. The number of carbonyl (C=O) groups excluding carboxylic acids is 2. The number of Topliss-reactive ketones (excluding diaryl/α,β-unsaturated/α-hetero) is 1. The van der Waals surface area contributed by atoms with Crippen molar-refractivity contribution in [2.75, 3.05) is 20.3 Å². The summed E-state index contributed by atoms with van der Waals surface area (Å²) in [6.07, 6.45) is 2.66. The smallest absolute Gasteiger partial charge is 0.306 e. The molecule has 0 spiro atoms. The van der Waals surface area contributed by atoms with E-state index in [0.717, 1.165) is 70.0 Å². The lowest BCUT2D eigenvalue weighted by atomic mass is 9.75. The van der Waals surface area contributed by atoms with Crippen LogP contribution in [0.2, 0.25) is 5.02 Å². The predicted molar refractivity (Wildman–Crippen MR) is 182 cm³/mol. The van der Waals surface area contributed by atoms with Gasteiger partial charge in [-0.2, -0.15) is 0 Å². The zero-order valence-electron chi connectivity index (χ0n) is 26.0. The Hall–Kier alpha value is -4.10. The summed E-state index contributed by atoms with van der Waals surface area (Å²) in [6, 6.07) is 34.0. The summed E-state index contributed by atoms with van der Waals surface area (Å²) >= 11 is 6.39. The normalized spacial score (nSPS) is 18.1. The topological polar surface area (TPSA) is 77.0 Å². The highest BCUT2D eigenvalue weighted by Gasteiger charge is 2.34. The molecule has 0 bridgehead atoms. The number of fused-ring (bicyclic) bond motifs is 1. The molecule has 1 saturated heterocycles. The fraction of sp³-hybridized carbons (Fsp3) is 0.308. The van der Waals surface area contributed by atoms with Gasteiger partial charge in [-0.1, -0.05) is 103 Å². The van der Waals surface area contributed by atoms with E-state index in [2.05, 4.69) is 11.4 Å². The van der Waals surface area contributed by atoms with Gasteiger partial charge in [-0.25, -0.2) is 0 Å². The number of hydrogen-bond donors (Lipinski definition) is 1. The molecule has 4 aromatic carbocycles. The lowest BCUT2D eigenvalue weighted by Crippen LogP contribution is -2.50. The Labute approximate surface area is 275 Å². The molecule has 2 aliphatic rings. The van der Waals surface area contributed by atoms with E-state index < -0.39 is 5.92 Å². The Morgan fingerprint density at radius 2 is 1.59 bits per heavy atom. The fourth-order valence-electron chi connectivity index (χ4n) is 6.69. The van der Waals surface area contributed by atoms with E-state index in [4.69, 9.17) is 26.1 Å². The van der Waals surface area contributed by atoms with E-state index in [1.807, 2.05) is 97.1 Å². The Kier molecular flexibility index (Phi) is 10.4. The van der Waals surface area contributed by atoms with Crippen molar-refractivity contribution in [3.63, 3.8) is 0 Å². The maximum absolute atomic E-state index is 14.2. The van der Waals surface area contributed by atoms with Crippen molar-refractivity contribution >= 4 is 34.8 Å². The molecule has 4 aromatic rings. The number of esters is 1. The Balaban J connectivity index is 1.12. The molecule has 46 heavy (non-hydrogen) atoms. The zero-order valence-corrected chi connectivity index (χ0v) is 26.8. The Bertz CT molecular complexity index is 1640. The maximum Gasteiger partial charge on any atom is 0.306 e. The first-order valence-corrected chi connectivity index (χ1v) is 16.3. The van der Waals surface area contributed by atoms with Gasteiger partial charge in [-0.05, 0) is 47.2 Å². The van der Waals surface area contributed by atoms with Crippen LogP contribution < -0.4 is 5.32 Å². The second-order valence-corrected chi connectivity index (χ2v) is 12.5. The van der Waals surface area contributed by atoms with E-state index in [-0.39, 0.29) is 42.7 Å². The van der Waals surface area contributed by atoms with Crippen LogP contribution in [0.3, 0.4) is 0 Å². The molecule has 1 fully saturated rings. The molecule has 0 amide bonds. The van der Waals surface area contributed by atoms with E-state index in [1.165, 1.54) is 7.11 Å². The van der Waals surface area contributed by atoms with Crippen molar-refractivity contribution in [2.24, 2.45) is 10.9 Å². The van der Waals surface area contributed by atoms with Crippen molar-refractivity contribution in [2.45, 2.75) is 50.2 Å². The number of methoxy groups -OCH3 is 1. The molecule has 3 atom stereocenters. The average molecular weight is 635 g/mol. The molecule has 6 nitrogen and oxygen atoms in total. The molecular formula is C39H39ClN2O4. The maximum atomic E-state index is 14.2. The number of ether oxygens (including phenoxy) is 2. The zero-order chi connectivity index (χ0) is 31.9. The van der Waals surface area contributed by atoms with Gasteiger partial charge in [0.25, 0.3) is 0 Å². The minimum absolute atomic E-state index is 0.0112. The SMILES string of the molecule is COC(=O)C[C@H](C(=O)Cc1ccccc1CC[C@@H]1CN[C@H](C2=Nc3cccc(Cl)c3C2)CO1)C(c1ccccc1)c1ccccc1. The van der Waals surface area contributed by atoms with Crippen LogP contribution in [0.1, 0.15) is 46.6 Å². The first-order chi connectivity index (χ1) is 22.5. The number of aryl methyl sites for hydroxylation is 1. The van der Waals surface area contributed by atoms with Crippen molar-refractivity contribution < 1.29 is 19.1 Å². The minimum atomic E-state index is -0.576. The van der Waals surface area contributed by atoms with Gasteiger partial charge in [0.15, 0.2) is 0 Å². The molecule has 0 aromatic heterocycles. The monoisotopic (exact) mass is 634 g/mol. The summed E-state index contributed by atoms with van der Waals surface area (Å²) in [7, 11) is 1.37. The third-order valence-corrected chi connectivity index (χ3v) is 9.53. The number of nitrogens with zero attached hydrogens (tertiary/aromatic N) is 1. The third-order valence-electron chi connectivity index (χ3n) is 9.18. The second kappa shape index (κ2) is 15.0. The van der Waals surface area contributed by atoms with E-state index in [9.17, 15) is 9.59 Å².